The molecule has 3 rings (SSSR count). The number of nitrogens with one attached hydrogen (secondary N) is 1. The number of para-hydroxylation sites is 1. The van der Waals surface area contributed by atoms with E-state index in [0.29, 0.717) is 30.9 Å². The van der Waals surface area contributed by atoms with E-state index in [0.717, 1.165) is 16.5 Å². The van der Waals surface area contributed by atoms with Gasteiger partial charge in [0.05, 0.1) is 42.6 Å². The van der Waals surface area contributed by atoms with E-state index in [1.807, 2.05) is 38.1 Å². The number of rotatable bonds is 5. The molecule has 134 valence electrons. The van der Waals surface area contributed by atoms with Crippen LogP contribution < -0.4 is 5.32 Å². The summed E-state index contributed by atoms with van der Waals surface area (Å²) in [6.45, 7) is 5.04. The summed E-state index contributed by atoms with van der Waals surface area (Å²) >= 11 is 0. The smallest absolute Gasteiger partial charge is 0.253 e. The first-order chi connectivity index (χ1) is 12.1. The van der Waals surface area contributed by atoms with Gasteiger partial charge in [-0.25, -0.2) is 0 Å². The minimum absolute atomic E-state index is 0.0514. The van der Waals surface area contributed by atoms with Crippen molar-refractivity contribution in [2.75, 3.05) is 26.4 Å². The number of benzene rings is 1. The summed E-state index contributed by atoms with van der Waals surface area (Å²) in [4.78, 5) is 17.4. The number of pyridine rings is 1. The molecule has 0 unspecified atom stereocenters. The van der Waals surface area contributed by atoms with Crippen LogP contribution in [-0.4, -0.2) is 54.6 Å². The molecule has 1 amide bonds. The zero-order chi connectivity index (χ0) is 17.8. The number of aryl methyl sites for hydroxylation is 2. The maximum Gasteiger partial charge on any atom is 0.253 e. The number of carbonyl (C=O) groups excluding carboxylic acids is 1. The lowest BCUT2D eigenvalue weighted by Crippen LogP contribution is -2.50. The third-order valence-electron chi connectivity index (χ3n) is 4.53. The van der Waals surface area contributed by atoms with Gasteiger partial charge < -0.3 is 19.9 Å². The fraction of sp³-hybridized carbons (Fsp3) is 0.474. The molecule has 6 nitrogen and oxygen atoms in total. The zero-order valence-electron chi connectivity index (χ0n) is 14.6. The summed E-state index contributed by atoms with van der Waals surface area (Å²) in [7, 11) is 0. The topological polar surface area (TPSA) is 80.7 Å². The van der Waals surface area contributed by atoms with E-state index in [2.05, 4.69) is 10.3 Å². The molecule has 25 heavy (non-hydrogen) atoms. The Morgan fingerprint density at radius 2 is 2.28 bits per heavy atom. The Bertz CT molecular complexity index is 762. The first kappa shape index (κ1) is 17.8. The molecule has 2 aromatic rings. The molecule has 0 radical (unpaired) electrons. The number of ether oxygens (including phenoxy) is 2. The first-order valence-corrected chi connectivity index (χ1v) is 8.58. The SMILES string of the molecule is Cc1nc2c(C)cccc2cc1C(=O)N[C@H]1CCOC[C@@H]1OCCO. The number of hydrogen-bond donors (Lipinski definition) is 2. The van der Waals surface area contributed by atoms with Gasteiger partial charge in [-0.15, -0.1) is 0 Å². The van der Waals surface area contributed by atoms with E-state index in [4.69, 9.17) is 14.6 Å². The molecule has 1 fully saturated rings. The monoisotopic (exact) mass is 344 g/mol. The second-order valence-electron chi connectivity index (χ2n) is 6.34. The lowest BCUT2D eigenvalue weighted by Gasteiger charge is -2.32. The second-order valence-corrected chi connectivity index (χ2v) is 6.34. The predicted molar refractivity (Wildman–Crippen MR) is 94.7 cm³/mol. The van der Waals surface area contributed by atoms with E-state index >= 15 is 0 Å². The fourth-order valence-corrected chi connectivity index (χ4v) is 3.16. The quantitative estimate of drug-likeness (QED) is 0.864. The molecular weight excluding hydrogens is 320 g/mol. The molecule has 1 aromatic carbocycles. The highest BCUT2D eigenvalue weighted by Gasteiger charge is 2.28. The fourth-order valence-electron chi connectivity index (χ4n) is 3.16. The van der Waals surface area contributed by atoms with Crippen LogP contribution in [0.15, 0.2) is 24.3 Å². The van der Waals surface area contributed by atoms with E-state index in [9.17, 15) is 4.79 Å². The largest absolute Gasteiger partial charge is 0.394 e. The number of carbonyl (C=O) groups is 1. The summed E-state index contributed by atoms with van der Waals surface area (Å²) in [5.41, 5.74) is 3.30. The van der Waals surface area contributed by atoms with Crippen LogP contribution in [0.5, 0.6) is 0 Å². The second kappa shape index (κ2) is 7.91. The number of amides is 1. The Balaban J connectivity index is 1.80. The number of hydrogen-bond acceptors (Lipinski definition) is 5. The van der Waals surface area contributed by atoms with Crippen LogP contribution in [0, 0.1) is 13.8 Å². The average Bonchev–Trinajstić information content (AvgIpc) is 2.61. The summed E-state index contributed by atoms with van der Waals surface area (Å²) in [5, 5.41) is 12.9. The molecule has 2 heterocycles. The van der Waals surface area contributed by atoms with Gasteiger partial charge in [0, 0.05) is 12.0 Å². The number of fused-ring (bicyclic) bond motifs is 1. The van der Waals surface area contributed by atoms with Gasteiger partial charge >= 0.3 is 0 Å². The van der Waals surface area contributed by atoms with Gasteiger partial charge in [0.1, 0.15) is 6.10 Å². The van der Waals surface area contributed by atoms with Crippen molar-refractivity contribution in [2.24, 2.45) is 0 Å². The molecule has 0 bridgehead atoms. The van der Waals surface area contributed by atoms with Crippen LogP contribution in [0.4, 0.5) is 0 Å². The third-order valence-corrected chi connectivity index (χ3v) is 4.53. The van der Waals surface area contributed by atoms with Gasteiger partial charge in [0.15, 0.2) is 0 Å². The Morgan fingerprint density at radius 1 is 1.44 bits per heavy atom. The molecule has 1 aliphatic rings. The highest BCUT2D eigenvalue weighted by Crippen LogP contribution is 2.20. The molecule has 1 aromatic heterocycles. The van der Waals surface area contributed by atoms with E-state index < -0.39 is 0 Å². The minimum atomic E-state index is -0.249. The van der Waals surface area contributed by atoms with Crippen molar-refractivity contribution in [3.05, 3.63) is 41.1 Å². The molecule has 0 aliphatic carbocycles. The van der Waals surface area contributed by atoms with Crippen molar-refractivity contribution in [2.45, 2.75) is 32.4 Å². The van der Waals surface area contributed by atoms with Crippen LogP contribution in [0.25, 0.3) is 10.9 Å². The van der Waals surface area contributed by atoms with Crippen LogP contribution in [0.1, 0.15) is 28.0 Å². The summed E-state index contributed by atoms with van der Waals surface area (Å²) in [6, 6.07) is 7.70. The summed E-state index contributed by atoms with van der Waals surface area (Å²) < 4.78 is 11.0. The predicted octanol–water partition coefficient (Wildman–Crippen LogP) is 1.75. The lowest BCUT2D eigenvalue weighted by atomic mass is 10.0. The molecule has 6 heteroatoms. The number of aromatic nitrogens is 1. The van der Waals surface area contributed by atoms with Gasteiger partial charge in [0.2, 0.25) is 0 Å². The Kier molecular flexibility index (Phi) is 5.63. The normalized spacial score (nSPS) is 20.6. The van der Waals surface area contributed by atoms with Crippen LogP contribution in [0.3, 0.4) is 0 Å². The summed E-state index contributed by atoms with van der Waals surface area (Å²) in [5.74, 6) is -0.155. The number of aliphatic hydroxyl groups excluding tert-OH is 1. The van der Waals surface area contributed by atoms with Crippen molar-refractivity contribution >= 4 is 16.8 Å². The van der Waals surface area contributed by atoms with Crippen molar-refractivity contribution in [3.8, 4) is 0 Å². The van der Waals surface area contributed by atoms with Gasteiger partial charge in [-0.2, -0.15) is 0 Å². The van der Waals surface area contributed by atoms with Gasteiger partial charge in [0.25, 0.3) is 5.91 Å². The number of aliphatic hydroxyl groups is 1. The maximum atomic E-state index is 12.8. The molecule has 1 aliphatic heterocycles. The van der Waals surface area contributed by atoms with Gasteiger partial charge in [-0.05, 0) is 31.9 Å². The standard InChI is InChI=1S/C19H24N2O4/c1-12-4-3-5-14-10-15(13(2)20-18(12)14)19(23)21-16-6-8-24-11-17(16)25-9-7-22/h3-5,10,16-17,22H,6-9,11H2,1-2H3,(H,21,23)/t16-,17-/m0/s1. The van der Waals surface area contributed by atoms with Gasteiger partial charge in [-0.3, -0.25) is 9.78 Å². The Hall–Kier alpha value is -2.02. The first-order valence-electron chi connectivity index (χ1n) is 8.58. The Labute approximate surface area is 147 Å². The zero-order valence-corrected chi connectivity index (χ0v) is 14.6. The molecule has 0 saturated carbocycles. The highest BCUT2D eigenvalue weighted by atomic mass is 16.5. The molecule has 0 spiro atoms. The van der Waals surface area contributed by atoms with Crippen LogP contribution in [0.2, 0.25) is 0 Å². The van der Waals surface area contributed by atoms with Crippen molar-refractivity contribution in [1.29, 1.82) is 0 Å². The average molecular weight is 344 g/mol. The Morgan fingerprint density at radius 3 is 3.08 bits per heavy atom. The van der Waals surface area contributed by atoms with Crippen molar-refractivity contribution in [1.82, 2.24) is 10.3 Å². The van der Waals surface area contributed by atoms with Crippen molar-refractivity contribution in [3.63, 3.8) is 0 Å². The van der Waals surface area contributed by atoms with Crippen molar-refractivity contribution < 1.29 is 19.4 Å². The molecule has 2 atom stereocenters. The third kappa shape index (κ3) is 3.98. The lowest BCUT2D eigenvalue weighted by molar-refractivity contribution is -0.0737. The maximum absolute atomic E-state index is 12.8. The van der Waals surface area contributed by atoms with E-state index in [-0.39, 0.29) is 31.3 Å². The minimum Gasteiger partial charge on any atom is -0.394 e. The highest BCUT2D eigenvalue weighted by molar-refractivity contribution is 5.99. The van der Waals surface area contributed by atoms with Crippen LogP contribution in [-0.2, 0) is 9.47 Å². The molecule has 2 N–H and O–H groups in total. The number of nitrogens with zero attached hydrogens (tertiary/aromatic N) is 1. The molecular formula is C19H24N2O4. The molecule has 1 saturated heterocycles. The summed E-state index contributed by atoms with van der Waals surface area (Å²) in [6.07, 6.45) is 0.432. The van der Waals surface area contributed by atoms with Crippen LogP contribution >= 0.6 is 0 Å². The van der Waals surface area contributed by atoms with E-state index in [1.165, 1.54) is 0 Å². The van der Waals surface area contributed by atoms with E-state index in [1.54, 1.807) is 0 Å². The van der Waals surface area contributed by atoms with Gasteiger partial charge in [-0.1, -0.05) is 18.2 Å².